The van der Waals surface area contributed by atoms with Gasteiger partial charge in [-0.3, -0.25) is 0 Å². The number of alkyl halides is 3. The first-order valence-electron chi connectivity index (χ1n) is 6.64. The molecule has 0 radical (unpaired) electrons. The third-order valence-electron chi connectivity index (χ3n) is 2.78. The SMILES string of the molecule is CCNc1nc(Nc2cc(Cl)ccc2OC)cc(C(F)(F)F)n1. The van der Waals surface area contributed by atoms with Gasteiger partial charge in [0.2, 0.25) is 5.95 Å². The van der Waals surface area contributed by atoms with Crippen molar-refractivity contribution in [2.75, 3.05) is 24.3 Å². The number of rotatable bonds is 5. The summed E-state index contributed by atoms with van der Waals surface area (Å²) in [6.45, 7) is 2.12. The Kier molecular flexibility index (Phi) is 5.15. The molecule has 0 aliphatic carbocycles. The van der Waals surface area contributed by atoms with Crippen LogP contribution in [0.5, 0.6) is 5.75 Å². The summed E-state index contributed by atoms with van der Waals surface area (Å²) in [5.74, 6) is 0.279. The lowest BCUT2D eigenvalue weighted by Crippen LogP contribution is -2.13. The molecule has 2 rings (SSSR count). The van der Waals surface area contributed by atoms with Crippen LogP contribution in [0.15, 0.2) is 24.3 Å². The second-order valence-corrected chi connectivity index (χ2v) is 4.90. The highest BCUT2D eigenvalue weighted by atomic mass is 35.5. The van der Waals surface area contributed by atoms with Crippen molar-refractivity contribution in [3.05, 3.63) is 35.0 Å². The molecule has 0 atom stereocenters. The number of benzene rings is 1. The van der Waals surface area contributed by atoms with Crippen LogP contribution in [0, 0.1) is 0 Å². The minimum atomic E-state index is -4.58. The maximum absolute atomic E-state index is 12.9. The number of hydrogen-bond acceptors (Lipinski definition) is 5. The molecule has 124 valence electrons. The van der Waals surface area contributed by atoms with E-state index in [1.54, 1.807) is 19.1 Å². The number of anilines is 3. The molecule has 0 amide bonds. The Morgan fingerprint density at radius 3 is 2.57 bits per heavy atom. The molecule has 0 fully saturated rings. The van der Waals surface area contributed by atoms with Crippen LogP contribution in [-0.2, 0) is 6.18 Å². The molecule has 0 aliphatic rings. The van der Waals surface area contributed by atoms with Crippen molar-refractivity contribution in [1.82, 2.24) is 9.97 Å². The summed E-state index contributed by atoms with van der Waals surface area (Å²) in [7, 11) is 1.44. The third-order valence-corrected chi connectivity index (χ3v) is 3.01. The van der Waals surface area contributed by atoms with Gasteiger partial charge in [-0.2, -0.15) is 18.2 Å². The highest BCUT2D eigenvalue weighted by molar-refractivity contribution is 6.31. The molecule has 1 aromatic heterocycles. The summed E-state index contributed by atoms with van der Waals surface area (Å²) in [6.07, 6.45) is -4.58. The van der Waals surface area contributed by atoms with Gasteiger partial charge in [0.25, 0.3) is 0 Å². The van der Waals surface area contributed by atoms with E-state index in [0.29, 0.717) is 23.0 Å². The van der Waals surface area contributed by atoms with Gasteiger partial charge in [0, 0.05) is 17.6 Å². The largest absolute Gasteiger partial charge is 0.495 e. The zero-order chi connectivity index (χ0) is 17.0. The molecule has 0 bridgehead atoms. The first-order valence-corrected chi connectivity index (χ1v) is 7.02. The normalized spacial score (nSPS) is 11.2. The van der Waals surface area contributed by atoms with Gasteiger partial charge < -0.3 is 15.4 Å². The Hall–Kier alpha value is -2.22. The van der Waals surface area contributed by atoms with E-state index in [0.717, 1.165) is 6.07 Å². The van der Waals surface area contributed by atoms with Crippen molar-refractivity contribution in [3.8, 4) is 5.75 Å². The fraction of sp³-hybridized carbons (Fsp3) is 0.286. The quantitative estimate of drug-likeness (QED) is 0.843. The zero-order valence-electron chi connectivity index (χ0n) is 12.3. The van der Waals surface area contributed by atoms with E-state index in [9.17, 15) is 13.2 Å². The zero-order valence-corrected chi connectivity index (χ0v) is 13.1. The lowest BCUT2D eigenvalue weighted by molar-refractivity contribution is -0.141. The monoisotopic (exact) mass is 346 g/mol. The Balaban J connectivity index is 2.43. The number of methoxy groups -OCH3 is 1. The van der Waals surface area contributed by atoms with Gasteiger partial charge in [-0.05, 0) is 25.1 Å². The van der Waals surface area contributed by atoms with Crippen molar-refractivity contribution in [1.29, 1.82) is 0 Å². The predicted octanol–water partition coefficient (Wildman–Crippen LogP) is 4.33. The number of nitrogens with one attached hydrogen (secondary N) is 2. The second-order valence-electron chi connectivity index (χ2n) is 4.46. The second kappa shape index (κ2) is 6.91. The average Bonchev–Trinajstić information content (AvgIpc) is 2.47. The van der Waals surface area contributed by atoms with E-state index in [4.69, 9.17) is 16.3 Å². The molecule has 0 spiro atoms. The van der Waals surface area contributed by atoms with Gasteiger partial charge in [0.15, 0.2) is 5.69 Å². The minimum Gasteiger partial charge on any atom is -0.495 e. The summed E-state index contributed by atoms with van der Waals surface area (Å²) in [4.78, 5) is 7.46. The molecular formula is C14H14ClF3N4O. The van der Waals surface area contributed by atoms with Crippen LogP contribution in [0.4, 0.5) is 30.6 Å². The maximum atomic E-state index is 12.9. The van der Waals surface area contributed by atoms with Gasteiger partial charge in [0.05, 0.1) is 12.8 Å². The molecule has 2 aromatic rings. The van der Waals surface area contributed by atoms with Gasteiger partial charge in [-0.1, -0.05) is 11.6 Å². The number of ether oxygens (including phenoxy) is 1. The summed E-state index contributed by atoms with van der Waals surface area (Å²) < 4.78 is 44.0. The number of hydrogen-bond donors (Lipinski definition) is 2. The Bertz CT molecular complexity index is 694. The molecule has 1 aromatic carbocycles. The molecule has 0 aliphatic heterocycles. The van der Waals surface area contributed by atoms with Gasteiger partial charge >= 0.3 is 6.18 Å². The summed E-state index contributed by atoms with van der Waals surface area (Å²) in [5.41, 5.74) is -0.652. The number of halogens is 4. The van der Waals surface area contributed by atoms with Crippen LogP contribution >= 0.6 is 11.6 Å². The minimum absolute atomic E-state index is 0.0242. The molecule has 5 nitrogen and oxygen atoms in total. The van der Waals surface area contributed by atoms with Crippen molar-refractivity contribution in [3.63, 3.8) is 0 Å². The van der Waals surface area contributed by atoms with E-state index in [1.165, 1.54) is 13.2 Å². The lowest BCUT2D eigenvalue weighted by Gasteiger charge is -2.14. The Morgan fingerprint density at radius 1 is 1.22 bits per heavy atom. The van der Waals surface area contributed by atoms with Crippen LogP contribution in [0.1, 0.15) is 12.6 Å². The topological polar surface area (TPSA) is 59.1 Å². The Labute approximate surface area is 135 Å². The van der Waals surface area contributed by atoms with Crippen molar-refractivity contribution in [2.45, 2.75) is 13.1 Å². The smallest absolute Gasteiger partial charge is 0.433 e. The fourth-order valence-electron chi connectivity index (χ4n) is 1.81. The van der Waals surface area contributed by atoms with E-state index < -0.39 is 11.9 Å². The van der Waals surface area contributed by atoms with Crippen LogP contribution in [0.2, 0.25) is 5.02 Å². The summed E-state index contributed by atoms with van der Waals surface area (Å²) >= 11 is 5.90. The van der Waals surface area contributed by atoms with Crippen LogP contribution in [0.3, 0.4) is 0 Å². The van der Waals surface area contributed by atoms with Crippen LogP contribution in [0.25, 0.3) is 0 Å². The number of aromatic nitrogens is 2. The molecular weight excluding hydrogens is 333 g/mol. The van der Waals surface area contributed by atoms with Crippen molar-refractivity contribution in [2.24, 2.45) is 0 Å². The first kappa shape index (κ1) is 17.1. The number of nitrogens with zero attached hydrogens (tertiary/aromatic N) is 2. The van der Waals surface area contributed by atoms with Crippen LogP contribution < -0.4 is 15.4 Å². The van der Waals surface area contributed by atoms with E-state index in [2.05, 4.69) is 20.6 Å². The Morgan fingerprint density at radius 2 is 1.96 bits per heavy atom. The van der Waals surface area contributed by atoms with E-state index in [-0.39, 0.29) is 11.8 Å². The van der Waals surface area contributed by atoms with E-state index in [1.807, 2.05) is 0 Å². The van der Waals surface area contributed by atoms with Crippen molar-refractivity contribution >= 4 is 29.1 Å². The highest BCUT2D eigenvalue weighted by Crippen LogP contribution is 2.33. The van der Waals surface area contributed by atoms with Gasteiger partial charge in [-0.25, -0.2) is 4.98 Å². The summed E-state index contributed by atoms with van der Waals surface area (Å²) in [5, 5.41) is 5.85. The fourth-order valence-corrected chi connectivity index (χ4v) is 1.98. The van der Waals surface area contributed by atoms with Gasteiger partial charge in [0.1, 0.15) is 11.6 Å². The predicted molar refractivity (Wildman–Crippen MR) is 82.5 cm³/mol. The first-order chi connectivity index (χ1) is 10.8. The molecule has 0 saturated carbocycles. The molecule has 2 N–H and O–H groups in total. The van der Waals surface area contributed by atoms with Gasteiger partial charge in [-0.15, -0.1) is 0 Å². The van der Waals surface area contributed by atoms with Crippen molar-refractivity contribution < 1.29 is 17.9 Å². The maximum Gasteiger partial charge on any atom is 0.433 e. The third kappa shape index (κ3) is 4.38. The average molecular weight is 347 g/mol. The molecule has 9 heteroatoms. The molecule has 0 unspecified atom stereocenters. The lowest BCUT2D eigenvalue weighted by atomic mass is 10.3. The van der Waals surface area contributed by atoms with E-state index >= 15 is 0 Å². The molecule has 1 heterocycles. The summed E-state index contributed by atoms with van der Waals surface area (Å²) in [6, 6.07) is 5.56. The molecule has 0 saturated heterocycles. The molecule has 23 heavy (non-hydrogen) atoms. The standard InChI is InChI=1S/C14H14ClF3N4O/c1-3-19-13-21-11(14(16,17)18)7-12(22-13)20-9-6-8(15)4-5-10(9)23-2/h4-7H,3H2,1-2H3,(H2,19,20,21,22). The highest BCUT2D eigenvalue weighted by Gasteiger charge is 2.33. The van der Waals surface area contributed by atoms with Crippen LogP contribution in [-0.4, -0.2) is 23.6 Å².